The lowest BCUT2D eigenvalue weighted by molar-refractivity contribution is 0.646. The molecule has 0 aliphatic rings. The van der Waals surface area contributed by atoms with Crippen molar-refractivity contribution in [3.63, 3.8) is 0 Å². The Kier molecular flexibility index (Phi) is 6.78. The summed E-state index contributed by atoms with van der Waals surface area (Å²) in [7, 11) is 0. The van der Waals surface area contributed by atoms with Crippen LogP contribution in [0.2, 0.25) is 0 Å². The third-order valence-corrected chi connectivity index (χ3v) is 3.25. The fraction of sp³-hybridized carbons (Fsp3) is 0.467. The van der Waals surface area contributed by atoms with Gasteiger partial charge < -0.3 is 0 Å². The lowest BCUT2D eigenvalue weighted by atomic mass is 9.97. The SMILES string of the molecule is CC(C)Cc1ccccc1/C=C/CCCI. The lowest BCUT2D eigenvalue weighted by Gasteiger charge is -2.08. The van der Waals surface area contributed by atoms with Crippen molar-refractivity contribution < 1.29 is 0 Å². The van der Waals surface area contributed by atoms with Gasteiger partial charge in [0.2, 0.25) is 0 Å². The quantitative estimate of drug-likeness (QED) is 0.386. The maximum Gasteiger partial charge on any atom is -0.000178 e. The average molecular weight is 328 g/mol. The zero-order chi connectivity index (χ0) is 11.8. The van der Waals surface area contributed by atoms with E-state index in [1.165, 1.54) is 34.8 Å². The predicted octanol–water partition coefficient (Wildman–Crippen LogP) is 5.11. The first kappa shape index (κ1) is 13.8. The van der Waals surface area contributed by atoms with E-state index in [9.17, 15) is 0 Å². The number of unbranched alkanes of at least 4 members (excludes halogenated alkanes) is 1. The highest BCUT2D eigenvalue weighted by Crippen LogP contribution is 2.15. The molecule has 0 nitrogen and oxygen atoms in total. The van der Waals surface area contributed by atoms with Crippen molar-refractivity contribution in [2.24, 2.45) is 5.92 Å². The summed E-state index contributed by atoms with van der Waals surface area (Å²) in [6.07, 6.45) is 8.23. The molecule has 0 aromatic heterocycles. The summed E-state index contributed by atoms with van der Waals surface area (Å²) >= 11 is 2.43. The molecule has 0 unspecified atom stereocenters. The molecule has 0 radical (unpaired) electrons. The summed E-state index contributed by atoms with van der Waals surface area (Å²) in [5.41, 5.74) is 2.87. The third-order valence-electron chi connectivity index (χ3n) is 2.49. The molecule has 0 saturated carbocycles. The van der Waals surface area contributed by atoms with Gasteiger partial charge in [0.15, 0.2) is 0 Å². The van der Waals surface area contributed by atoms with Crippen LogP contribution in [0.3, 0.4) is 0 Å². The van der Waals surface area contributed by atoms with E-state index >= 15 is 0 Å². The summed E-state index contributed by atoms with van der Waals surface area (Å²) in [4.78, 5) is 0. The Morgan fingerprint density at radius 3 is 2.69 bits per heavy atom. The first-order valence-electron chi connectivity index (χ1n) is 6.04. The van der Waals surface area contributed by atoms with Gasteiger partial charge >= 0.3 is 0 Å². The van der Waals surface area contributed by atoms with E-state index in [-0.39, 0.29) is 0 Å². The van der Waals surface area contributed by atoms with Crippen molar-refractivity contribution in [1.82, 2.24) is 0 Å². The van der Waals surface area contributed by atoms with Gasteiger partial charge in [-0.2, -0.15) is 0 Å². The van der Waals surface area contributed by atoms with Crippen molar-refractivity contribution >= 4 is 28.7 Å². The molecule has 0 N–H and O–H groups in total. The minimum absolute atomic E-state index is 0.726. The number of rotatable bonds is 6. The average Bonchev–Trinajstić information content (AvgIpc) is 2.26. The standard InChI is InChI=1S/C15H21I/c1-13(2)12-15-10-6-5-9-14(15)8-4-3-7-11-16/h4-6,8-10,13H,3,7,11-12H2,1-2H3/b8-4+. The first-order chi connectivity index (χ1) is 7.74. The molecule has 1 aromatic rings. The minimum Gasteiger partial charge on any atom is -0.0864 e. The second kappa shape index (κ2) is 7.88. The van der Waals surface area contributed by atoms with Gasteiger partial charge in [0.05, 0.1) is 0 Å². The van der Waals surface area contributed by atoms with Crippen molar-refractivity contribution in [2.75, 3.05) is 4.43 Å². The molecule has 0 bridgehead atoms. The molecule has 0 aliphatic heterocycles. The van der Waals surface area contributed by atoms with Crippen LogP contribution in [-0.2, 0) is 6.42 Å². The molecule has 88 valence electrons. The van der Waals surface area contributed by atoms with Crippen molar-refractivity contribution in [3.05, 3.63) is 41.5 Å². The van der Waals surface area contributed by atoms with E-state index < -0.39 is 0 Å². The van der Waals surface area contributed by atoms with Crippen molar-refractivity contribution in [2.45, 2.75) is 33.1 Å². The normalized spacial score (nSPS) is 11.5. The highest BCUT2D eigenvalue weighted by Gasteiger charge is 2.01. The second-order valence-corrected chi connectivity index (χ2v) is 5.61. The third kappa shape index (κ3) is 5.15. The number of alkyl halides is 1. The molecule has 0 amide bonds. The highest BCUT2D eigenvalue weighted by molar-refractivity contribution is 14.1. The predicted molar refractivity (Wildman–Crippen MR) is 82.1 cm³/mol. The van der Waals surface area contributed by atoms with Gasteiger partial charge in [-0.05, 0) is 40.7 Å². The lowest BCUT2D eigenvalue weighted by Crippen LogP contribution is -1.96. The summed E-state index contributed by atoms with van der Waals surface area (Å²) in [6, 6.07) is 8.73. The fourth-order valence-corrected chi connectivity index (χ4v) is 2.17. The van der Waals surface area contributed by atoms with Gasteiger partial charge in [-0.25, -0.2) is 0 Å². The largest absolute Gasteiger partial charge is 0.0864 e. The molecule has 0 saturated heterocycles. The molecule has 0 aliphatic carbocycles. The van der Waals surface area contributed by atoms with Gasteiger partial charge in [-0.3, -0.25) is 0 Å². The van der Waals surface area contributed by atoms with E-state index in [4.69, 9.17) is 0 Å². The Bertz CT molecular complexity index is 326. The monoisotopic (exact) mass is 328 g/mol. The van der Waals surface area contributed by atoms with E-state index in [0.717, 1.165) is 5.92 Å². The zero-order valence-corrected chi connectivity index (χ0v) is 12.4. The number of allylic oxidation sites excluding steroid dienone is 1. The summed E-state index contributed by atoms with van der Waals surface area (Å²) < 4.78 is 1.25. The van der Waals surface area contributed by atoms with Crippen molar-refractivity contribution in [3.8, 4) is 0 Å². The Hall–Kier alpha value is -0.310. The summed E-state index contributed by atoms with van der Waals surface area (Å²) in [5, 5.41) is 0. The van der Waals surface area contributed by atoms with Crippen LogP contribution in [0.5, 0.6) is 0 Å². The highest BCUT2D eigenvalue weighted by atomic mass is 127. The van der Waals surface area contributed by atoms with Crippen LogP contribution in [0, 0.1) is 5.92 Å². The van der Waals surface area contributed by atoms with E-state index in [1.807, 2.05) is 0 Å². The summed E-state index contributed by atoms with van der Waals surface area (Å²) in [6.45, 7) is 4.55. The smallest absolute Gasteiger partial charge is 0.000178 e. The zero-order valence-electron chi connectivity index (χ0n) is 10.2. The molecule has 0 atom stereocenters. The maximum atomic E-state index is 2.43. The molecular weight excluding hydrogens is 307 g/mol. The Morgan fingerprint density at radius 2 is 2.00 bits per heavy atom. The molecule has 16 heavy (non-hydrogen) atoms. The molecule has 1 aromatic carbocycles. The number of benzene rings is 1. The molecule has 0 spiro atoms. The maximum absolute atomic E-state index is 2.43. The van der Waals surface area contributed by atoms with E-state index in [2.05, 4.69) is 72.9 Å². The minimum atomic E-state index is 0.726. The van der Waals surface area contributed by atoms with Crippen LogP contribution >= 0.6 is 22.6 Å². The van der Waals surface area contributed by atoms with Gasteiger partial charge in [0.25, 0.3) is 0 Å². The Balaban J connectivity index is 2.66. The van der Waals surface area contributed by atoms with Crippen LogP contribution in [0.4, 0.5) is 0 Å². The van der Waals surface area contributed by atoms with Crippen LogP contribution in [0.1, 0.15) is 37.8 Å². The second-order valence-electron chi connectivity index (χ2n) is 4.53. The molecule has 0 fully saturated rings. The van der Waals surface area contributed by atoms with Gasteiger partial charge in [0, 0.05) is 0 Å². The summed E-state index contributed by atoms with van der Waals surface area (Å²) in [5.74, 6) is 0.726. The van der Waals surface area contributed by atoms with Gasteiger partial charge in [-0.15, -0.1) is 0 Å². The molecule has 1 heteroatoms. The Labute approximate surface area is 113 Å². The van der Waals surface area contributed by atoms with E-state index in [1.54, 1.807) is 0 Å². The van der Waals surface area contributed by atoms with Crippen LogP contribution in [0.15, 0.2) is 30.3 Å². The van der Waals surface area contributed by atoms with Gasteiger partial charge in [-0.1, -0.05) is 72.9 Å². The molecule has 1 rings (SSSR count). The number of hydrogen-bond acceptors (Lipinski definition) is 0. The van der Waals surface area contributed by atoms with Gasteiger partial charge in [0.1, 0.15) is 0 Å². The first-order valence-corrected chi connectivity index (χ1v) is 7.57. The van der Waals surface area contributed by atoms with Crippen LogP contribution in [0.25, 0.3) is 6.08 Å². The van der Waals surface area contributed by atoms with Crippen LogP contribution < -0.4 is 0 Å². The number of halogens is 1. The van der Waals surface area contributed by atoms with E-state index in [0.29, 0.717) is 0 Å². The molecular formula is C15H21I. The van der Waals surface area contributed by atoms with Crippen molar-refractivity contribution in [1.29, 1.82) is 0 Å². The topological polar surface area (TPSA) is 0 Å². The fourth-order valence-electron chi connectivity index (χ4n) is 1.73. The molecule has 0 heterocycles. The Morgan fingerprint density at radius 1 is 1.25 bits per heavy atom. The van der Waals surface area contributed by atoms with Crippen LogP contribution in [-0.4, -0.2) is 4.43 Å². The number of hydrogen-bond donors (Lipinski definition) is 0.